The van der Waals surface area contributed by atoms with Gasteiger partial charge >= 0.3 is 0 Å². The van der Waals surface area contributed by atoms with Crippen LogP contribution in [0.2, 0.25) is 0 Å². The topological polar surface area (TPSA) is 50.8 Å². The Hall–Kier alpha value is -2.07. The van der Waals surface area contributed by atoms with Gasteiger partial charge in [0, 0.05) is 12.6 Å². The van der Waals surface area contributed by atoms with E-state index in [1.54, 1.807) is 12.1 Å². The lowest BCUT2D eigenvalue weighted by Crippen LogP contribution is -2.32. The first-order chi connectivity index (χ1) is 8.11. The fraction of sp³-hybridized carbons (Fsp3) is 0.385. The Morgan fingerprint density at radius 2 is 2.06 bits per heavy atom. The summed E-state index contributed by atoms with van der Waals surface area (Å²) in [5.74, 6) is -0.521. The SMILES string of the molecule is CC(C)N(CCC#N)c1cccc(F)c1C#N. The van der Waals surface area contributed by atoms with Crippen LogP contribution in [0.3, 0.4) is 0 Å². The van der Waals surface area contributed by atoms with Crippen molar-refractivity contribution >= 4 is 5.69 Å². The average Bonchev–Trinajstić information content (AvgIpc) is 2.29. The average molecular weight is 231 g/mol. The van der Waals surface area contributed by atoms with Crippen molar-refractivity contribution in [2.75, 3.05) is 11.4 Å². The molecule has 0 spiro atoms. The Labute approximate surface area is 101 Å². The largest absolute Gasteiger partial charge is 0.367 e. The van der Waals surface area contributed by atoms with Gasteiger partial charge in [0.15, 0.2) is 0 Å². The molecule has 1 aromatic rings. The number of rotatable bonds is 4. The molecule has 0 amide bonds. The van der Waals surface area contributed by atoms with Gasteiger partial charge in [-0.2, -0.15) is 10.5 Å². The predicted octanol–water partition coefficient (Wildman–Crippen LogP) is 2.83. The molecule has 0 N–H and O–H groups in total. The Morgan fingerprint density at radius 1 is 1.35 bits per heavy atom. The summed E-state index contributed by atoms with van der Waals surface area (Å²) in [6.07, 6.45) is 0.347. The summed E-state index contributed by atoms with van der Waals surface area (Å²) in [4.78, 5) is 1.87. The van der Waals surface area contributed by atoms with Crippen LogP contribution in [0.15, 0.2) is 18.2 Å². The van der Waals surface area contributed by atoms with Crippen LogP contribution >= 0.6 is 0 Å². The summed E-state index contributed by atoms with van der Waals surface area (Å²) in [5, 5.41) is 17.6. The van der Waals surface area contributed by atoms with Crippen molar-refractivity contribution in [3.05, 3.63) is 29.6 Å². The van der Waals surface area contributed by atoms with E-state index in [2.05, 4.69) is 6.07 Å². The molecule has 0 heterocycles. The molecule has 0 atom stereocenters. The highest BCUT2D eigenvalue weighted by molar-refractivity contribution is 5.60. The monoisotopic (exact) mass is 231 g/mol. The number of benzene rings is 1. The van der Waals surface area contributed by atoms with Gasteiger partial charge in [0.1, 0.15) is 17.4 Å². The van der Waals surface area contributed by atoms with Crippen molar-refractivity contribution in [2.45, 2.75) is 26.3 Å². The first kappa shape index (κ1) is 13.0. The minimum absolute atomic E-state index is 0.0409. The molecule has 17 heavy (non-hydrogen) atoms. The third-order valence-electron chi connectivity index (χ3n) is 2.50. The minimum Gasteiger partial charge on any atom is -0.367 e. The van der Waals surface area contributed by atoms with Gasteiger partial charge in [-0.3, -0.25) is 0 Å². The summed E-state index contributed by atoms with van der Waals surface area (Å²) in [7, 11) is 0. The van der Waals surface area contributed by atoms with Crippen LogP contribution in [0.25, 0.3) is 0 Å². The number of anilines is 1. The standard InChI is InChI=1S/C13H14FN3/c1-10(2)17(8-4-7-15)13-6-3-5-12(14)11(13)9-16/h3,5-6,10H,4,8H2,1-2H3. The Bertz CT molecular complexity index is 469. The highest BCUT2D eigenvalue weighted by atomic mass is 19.1. The van der Waals surface area contributed by atoms with Gasteiger partial charge < -0.3 is 4.90 Å². The summed E-state index contributed by atoms with van der Waals surface area (Å²) in [6.45, 7) is 4.39. The maximum Gasteiger partial charge on any atom is 0.143 e. The summed E-state index contributed by atoms with van der Waals surface area (Å²) in [6, 6.07) is 8.59. The lowest BCUT2D eigenvalue weighted by Gasteiger charge is -2.29. The highest BCUT2D eigenvalue weighted by Crippen LogP contribution is 2.24. The van der Waals surface area contributed by atoms with Crippen LogP contribution in [0, 0.1) is 28.5 Å². The molecule has 0 bridgehead atoms. The van der Waals surface area contributed by atoms with Gasteiger partial charge in [-0.15, -0.1) is 0 Å². The van der Waals surface area contributed by atoms with Gasteiger partial charge in [0.05, 0.1) is 18.2 Å². The molecule has 0 saturated carbocycles. The Morgan fingerprint density at radius 3 is 2.59 bits per heavy atom. The molecule has 4 heteroatoms. The van der Waals surface area contributed by atoms with Gasteiger partial charge in [-0.1, -0.05) is 6.07 Å². The van der Waals surface area contributed by atoms with Gasteiger partial charge in [0.2, 0.25) is 0 Å². The van der Waals surface area contributed by atoms with E-state index in [1.165, 1.54) is 6.07 Å². The van der Waals surface area contributed by atoms with Crippen molar-refractivity contribution in [2.24, 2.45) is 0 Å². The van der Waals surface area contributed by atoms with E-state index in [1.807, 2.05) is 24.8 Å². The van der Waals surface area contributed by atoms with E-state index in [4.69, 9.17) is 10.5 Å². The van der Waals surface area contributed by atoms with Gasteiger partial charge in [-0.25, -0.2) is 4.39 Å². The molecule has 0 fully saturated rings. The Balaban J connectivity index is 3.15. The maximum atomic E-state index is 13.5. The summed E-state index contributed by atoms with van der Waals surface area (Å²) < 4.78 is 13.5. The number of hydrogen-bond donors (Lipinski definition) is 0. The van der Waals surface area contributed by atoms with Gasteiger partial charge in [-0.05, 0) is 26.0 Å². The zero-order chi connectivity index (χ0) is 12.8. The van der Waals surface area contributed by atoms with E-state index >= 15 is 0 Å². The number of halogens is 1. The van der Waals surface area contributed by atoms with Crippen LogP contribution in [0.1, 0.15) is 25.8 Å². The fourth-order valence-electron chi connectivity index (χ4n) is 1.69. The van der Waals surface area contributed by atoms with E-state index in [0.717, 1.165) is 0 Å². The van der Waals surface area contributed by atoms with Crippen molar-refractivity contribution in [3.63, 3.8) is 0 Å². The van der Waals surface area contributed by atoms with Crippen LogP contribution in [0.5, 0.6) is 0 Å². The number of nitriles is 2. The van der Waals surface area contributed by atoms with E-state index in [0.29, 0.717) is 18.7 Å². The second-order valence-electron chi connectivity index (χ2n) is 3.94. The second kappa shape index (κ2) is 5.86. The minimum atomic E-state index is -0.521. The van der Waals surface area contributed by atoms with E-state index in [-0.39, 0.29) is 11.6 Å². The molecule has 88 valence electrons. The first-order valence-corrected chi connectivity index (χ1v) is 5.44. The summed E-state index contributed by atoms with van der Waals surface area (Å²) in [5.41, 5.74) is 0.594. The number of hydrogen-bond acceptors (Lipinski definition) is 3. The van der Waals surface area contributed by atoms with Crippen molar-refractivity contribution < 1.29 is 4.39 Å². The molecule has 1 aromatic carbocycles. The molecule has 3 nitrogen and oxygen atoms in total. The van der Waals surface area contributed by atoms with Crippen LogP contribution in [0.4, 0.5) is 10.1 Å². The third-order valence-corrected chi connectivity index (χ3v) is 2.50. The molecule has 0 unspecified atom stereocenters. The second-order valence-corrected chi connectivity index (χ2v) is 3.94. The lowest BCUT2D eigenvalue weighted by molar-refractivity contribution is 0.618. The lowest BCUT2D eigenvalue weighted by atomic mass is 10.1. The summed E-state index contributed by atoms with van der Waals surface area (Å²) >= 11 is 0. The molecule has 0 radical (unpaired) electrons. The molecular weight excluding hydrogens is 217 g/mol. The molecule has 0 aliphatic rings. The maximum absolute atomic E-state index is 13.5. The van der Waals surface area contributed by atoms with Gasteiger partial charge in [0.25, 0.3) is 0 Å². The quantitative estimate of drug-likeness (QED) is 0.800. The van der Waals surface area contributed by atoms with Crippen molar-refractivity contribution in [1.29, 1.82) is 10.5 Å². The highest BCUT2D eigenvalue weighted by Gasteiger charge is 2.16. The van der Waals surface area contributed by atoms with Crippen LogP contribution in [-0.4, -0.2) is 12.6 Å². The van der Waals surface area contributed by atoms with Crippen LogP contribution in [-0.2, 0) is 0 Å². The molecule has 0 aliphatic heterocycles. The third kappa shape index (κ3) is 2.95. The predicted molar refractivity (Wildman–Crippen MR) is 63.8 cm³/mol. The molecule has 0 saturated heterocycles. The van der Waals surface area contributed by atoms with E-state index in [9.17, 15) is 4.39 Å². The normalized spacial score (nSPS) is 9.76. The van der Waals surface area contributed by atoms with E-state index < -0.39 is 5.82 Å². The zero-order valence-electron chi connectivity index (χ0n) is 9.94. The first-order valence-electron chi connectivity index (χ1n) is 5.44. The van der Waals surface area contributed by atoms with Crippen molar-refractivity contribution in [1.82, 2.24) is 0 Å². The fourth-order valence-corrected chi connectivity index (χ4v) is 1.69. The molecule has 1 rings (SSSR count). The van der Waals surface area contributed by atoms with Crippen molar-refractivity contribution in [3.8, 4) is 12.1 Å². The Kier molecular flexibility index (Phi) is 4.48. The molecule has 0 aliphatic carbocycles. The smallest absolute Gasteiger partial charge is 0.143 e. The van der Waals surface area contributed by atoms with Crippen LogP contribution < -0.4 is 4.90 Å². The number of nitrogens with zero attached hydrogens (tertiary/aromatic N) is 3. The molecular formula is C13H14FN3. The molecule has 0 aromatic heterocycles. The zero-order valence-corrected chi connectivity index (χ0v) is 9.94.